The second-order valence-electron chi connectivity index (χ2n) is 3.83. The fraction of sp³-hybridized carbons (Fsp3) is 0.455. The van der Waals surface area contributed by atoms with Crippen LogP contribution in [0.15, 0.2) is 12.1 Å². The lowest BCUT2D eigenvalue weighted by Crippen LogP contribution is -2.34. The van der Waals surface area contributed by atoms with Gasteiger partial charge in [-0.2, -0.15) is 0 Å². The number of hydrogen-bond acceptors (Lipinski definition) is 2. The van der Waals surface area contributed by atoms with Crippen LogP contribution in [0.3, 0.4) is 0 Å². The molecule has 13 heavy (non-hydrogen) atoms. The Labute approximate surface area is 79.1 Å². The Bertz CT molecular complexity index is 331. The second kappa shape index (κ2) is 3.04. The molecule has 1 aromatic carbocycles. The average molecular weight is 176 g/mol. The number of nitrogens with one attached hydrogen (secondary N) is 1. The third-order valence-corrected chi connectivity index (χ3v) is 2.88. The normalized spacial score (nSPS) is 20.7. The van der Waals surface area contributed by atoms with Gasteiger partial charge in [0.25, 0.3) is 0 Å². The van der Waals surface area contributed by atoms with Crippen molar-refractivity contribution in [2.24, 2.45) is 5.73 Å². The predicted octanol–water partition coefficient (Wildman–Crippen LogP) is 1.95. The molecule has 1 atom stereocenters. The maximum Gasteiger partial charge on any atom is 0.0746 e. The summed E-state index contributed by atoms with van der Waals surface area (Å²) in [5, 5.41) is 3.35. The van der Waals surface area contributed by atoms with Gasteiger partial charge in [0.15, 0.2) is 0 Å². The van der Waals surface area contributed by atoms with E-state index in [1.54, 1.807) is 0 Å². The molecule has 0 fully saturated rings. The summed E-state index contributed by atoms with van der Waals surface area (Å²) in [6.45, 7) is 4.29. The molecule has 0 radical (unpaired) electrons. The maximum absolute atomic E-state index is 5.86. The minimum Gasteiger partial charge on any atom is -0.370 e. The molecular weight excluding hydrogens is 160 g/mol. The van der Waals surface area contributed by atoms with Gasteiger partial charge in [0, 0.05) is 5.69 Å². The Morgan fingerprint density at radius 3 is 2.92 bits per heavy atom. The van der Waals surface area contributed by atoms with Crippen molar-refractivity contribution in [2.45, 2.75) is 32.9 Å². The Hall–Kier alpha value is -1.02. The summed E-state index contributed by atoms with van der Waals surface area (Å²) < 4.78 is 0. The molecule has 1 heterocycles. The molecule has 1 aromatic rings. The Morgan fingerprint density at radius 2 is 2.15 bits per heavy atom. The molecule has 0 aromatic heterocycles. The van der Waals surface area contributed by atoms with E-state index in [9.17, 15) is 0 Å². The van der Waals surface area contributed by atoms with Crippen LogP contribution in [0.5, 0.6) is 0 Å². The number of nitrogens with two attached hydrogens (primary N) is 1. The smallest absolute Gasteiger partial charge is 0.0746 e. The summed E-state index contributed by atoms with van der Waals surface area (Å²) in [5.74, 6) is 0. The first-order valence-corrected chi connectivity index (χ1v) is 4.79. The second-order valence-corrected chi connectivity index (χ2v) is 3.83. The van der Waals surface area contributed by atoms with E-state index in [2.05, 4.69) is 31.3 Å². The van der Waals surface area contributed by atoms with Crippen LogP contribution < -0.4 is 11.1 Å². The molecule has 3 N–H and O–H groups in total. The molecule has 1 aliphatic heterocycles. The van der Waals surface area contributed by atoms with Crippen LogP contribution in [-0.2, 0) is 6.42 Å². The zero-order valence-electron chi connectivity index (χ0n) is 8.22. The van der Waals surface area contributed by atoms with Gasteiger partial charge >= 0.3 is 0 Å². The fourth-order valence-corrected chi connectivity index (χ4v) is 1.85. The van der Waals surface area contributed by atoms with Gasteiger partial charge in [-0.15, -0.1) is 0 Å². The lowest BCUT2D eigenvalue weighted by molar-refractivity contribution is 0.654. The quantitative estimate of drug-likeness (QED) is 0.634. The number of fused-ring (bicyclic) bond motifs is 1. The van der Waals surface area contributed by atoms with E-state index >= 15 is 0 Å². The fourth-order valence-electron chi connectivity index (χ4n) is 1.85. The van der Waals surface area contributed by atoms with Crippen LogP contribution >= 0.6 is 0 Å². The minimum absolute atomic E-state index is 0.132. The van der Waals surface area contributed by atoms with E-state index in [1.807, 2.05) is 0 Å². The van der Waals surface area contributed by atoms with E-state index in [0.717, 1.165) is 12.8 Å². The van der Waals surface area contributed by atoms with Crippen molar-refractivity contribution in [1.29, 1.82) is 0 Å². The van der Waals surface area contributed by atoms with Gasteiger partial charge in [0.05, 0.1) is 6.17 Å². The molecule has 1 unspecified atom stereocenters. The van der Waals surface area contributed by atoms with Crippen LogP contribution in [0, 0.1) is 13.8 Å². The Kier molecular flexibility index (Phi) is 2.00. The highest BCUT2D eigenvalue weighted by Crippen LogP contribution is 2.28. The van der Waals surface area contributed by atoms with Gasteiger partial charge in [0.2, 0.25) is 0 Å². The van der Waals surface area contributed by atoms with Gasteiger partial charge < -0.3 is 11.1 Å². The molecular formula is C11H16N2. The zero-order valence-corrected chi connectivity index (χ0v) is 8.22. The molecule has 2 nitrogen and oxygen atoms in total. The highest BCUT2D eigenvalue weighted by atomic mass is 15.0. The summed E-state index contributed by atoms with van der Waals surface area (Å²) in [6, 6.07) is 4.39. The monoisotopic (exact) mass is 176 g/mol. The third kappa shape index (κ3) is 1.42. The van der Waals surface area contributed by atoms with Gasteiger partial charge in [-0.25, -0.2) is 0 Å². The van der Waals surface area contributed by atoms with Crippen molar-refractivity contribution < 1.29 is 0 Å². The van der Waals surface area contributed by atoms with E-state index in [-0.39, 0.29) is 6.17 Å². The van der Waals surface area contributed by atoms with Crippen molar-refractivity contribution in [3.8, 4) is 0 Å². The zero-order chi connectivity index (χ0) is 9.42. The topological polar surface area (TPSA) is 38.0 Å². The largest absolute Gasteiger partial charge is 0.370 e. The van der Waals surface area contributed by atoms with Crippen LogP contribution in [0.1, 0.15) is 23.1 Å². The van der Waals surface area contributed by atoms with E-state index in [1.165, 1.54) is 22.4 Å². The van der Waals surface area contributed by atoms with E-state index in [4.69, 9.17) is 5.73 Å². The van der Waals surface area contributed by atoms with Crippen molar-refractivity contribution in [3.05, 3.63) is 28.8 Å². The number of hydrogen-bond donors (Lipinski definition) is 2. The van der Waals surface area contributed by atoms with Crippen LogP contribution in [0.25, 0.3) is 0 Å². The molecule has 0 saturated heterocycles. The van der Waals surface area contributed by atoms with Gasteiger partial charge in [-0.1, -0.05) is 12.1 Å². The molecule has 0 bridgehead atoms. The Morgan fingerprint density at radius 1 is 1.38 bits per heavy atom. The highest BCUT2D eigenvalue weighted by molar-refractivity contribution is 5.61. The molecule has 0 saturated carbocycles. The first-order chi connectivity index (χ1) is 6.18. The average Bonchev–Trinajstić information content (AvgIpc) is 2.12. The van der Waals surface area contributed by atoms with Crippen molar-refractivity contribution in [1.82, 2.24) is 0 Å². The molecule has 2 rings (SSSR count). The van der Waals surface area contributed by atoms with Crippen molar-refractivity contribution in [3.63, 3.8) is 0 Å². The SMILES string of the molecule is Cc1ccc2c(c1C)NC(N)CC2. The number of aryl methyl sites for hydroxylation is 2. The minimum atomic E-state index is 0.132. The lowest BCUT2D eigenvalue weighted by Gasteiger charge is -2.26. The Balaban J connectivity index is 2.48. The summed E-state index contributed by atoms with van der Waals surface area (Å²) in [6.07, 6.45) is 2.27. The lowest BCUT2D eigenvalue weighted by atomic mass is 9.96. The van der Waals surface area contributed by atoms with Crippen molar-refractivity contribution in [2.75, 3.05) is 5.32 Å². The first kappa shape index (κ1) is 8.57. The third-order valence-electron chi connectivity index (χ3n) is 2.88. The van der Waals surface area contributed by atoms with Crippen molar-refractivity contribution >= 4 is 5.69 Å². The van der Waals surface area contributed by atoms with E-state index in [0.29, 0.717) is 0 Å². The summed E-state index contributed by atoms with van der Waals surface area (Å²) in [4.78, 5) is 0. The maximum atomic E-state index is 5.86. The molecule has 70 valence electrons. The highest BCUT2D eigenvalue weighted by Gasteiger charge is 2.16. The standard InChI is InChI=1S/C11H16N2/c1-7-3-4-9-5-6-10(12)13-11(9)8(7)2/h3-4,10,13H,5-6,12H2,1-2H3. The van der Waals surface area contributed by atoms with Gasteiger partial charge in [-0.3, -0.25) is 0 Å². The summed E-state index contributed by atoms with van der Waals surface area (Å²) in [7, 11) is 0. The van der Waals surface area contributed by atoms with Crippen LogP contribution in [-0.4, -0.2) is 6.17 Å². The number of benzene rings is 1. The summed E-state index contributed by atoms with van der Waals surface area (Å²) >= 11 is 0. The molecule has 0 spiro atoms. The molecule has 1 aliphatic rings. The molecule has 2 heteroatoms. The van der Waals surface area contributed by atoms with Gasteiger partial charge in [-0.05, 0) is 43.4 Å². The van der Waals surface area contributed by atoms with Crippen LogP contribution in [0.4, 0.5) is 5.69 Å². The number of anilines is 1. The first-order valence-electron chi connectivity index (χ1n) is 4.79. The van der Waals surface area contributed by atoms with E-state index < -0.39 is 0 Å². The molecule has 0 aliphatic carbocycles. The van der Waals surface area contributed by atoms with Gasteiger partial charge in [0.1, 0.15) is 0 Å². The number of rotatable bonds is 0. The predicted molar refractivity (Wildman–Crippen MR) is 55.8 cm³/mol. The summed E-state index contributed by atoms with van der Waals surface area (Å²) in [5.41, 5.74) is 11.2. The molecule has 0 amide bonds. The van der Waals surface area contributed by atoms with Crippen LogP contribution in [0.2, 0.25) is 0 Å².